The van der Waals surface area contributed by atoms with Crippen LogP contribution in [0.15, 0.2) is 41.2 Å². The van der Waals surface area contributed by atoms with E-state index in [1.165, 1.54) is 24.9 Å². The SMILES string of the molecule is CCN(CC)CCCCc1ccc(-c2cc(-c3noc(C)n3)ccn2)nc1. The molecule has 3 aromatic rings. The van der Waals surface area contributed by atoms with Crippen molar-refractivity contribution in [3.8, 4) is 22.8 Å². The number of nitrogens with zero attached hydrogens (tertiary/aromatic N) is 5. The van der Waals surface area contributed by atoms with Gasteiger partial charge in [-0.3, -0.25) is 9.97 Å². The van der Waals surface area contributed by atoms with Gasteiger partial charge in [-0.2, -0.15) is 4.98 Å². The average molecular weight is 365 g/mol. The van der Waals surface area contributed by atoms with Crippen molar-refractivity contribution >= 4 is 0 Å². The summed E-state index contributed by atoms with van der Waals surface area (Å²) in [6.07, 6.45) is 7.17. The molecule has 0 aromatic carbocycles. The third-order valence-electron chi connectivity index (χ3n) is 4.72. The molecule has 142 valence electrons. The van der Waals surface area contributed by atoms with Gasteiger partial charge in [-0.05, 0) is 62.7 Å². The number of aryl methyl sites for hydroxylation is 2. The van der Waals surface area contributed by atoms with Crippen molar-refractivity contribution in [2.45, 2.75) is 40.0 Å². The molecule has 3 aromatic heterocycles. The van der Waals surface area contributed by atoms with E-state index in [2.05, 4.69) is 44.9 Å². The first kappa shape index (κ1) is 19.2. The maximum Gasteiger partial charge on any atom is 0.223 e. The summed E-state index contributed by atoms with van der Waals surface area (Å²) < 4.78 is 5.06. The van der Waals surface area contributed by atoms with E-state index in [1.807, 2.05) is 24.4 Å². The molecule has 0 bridgehead atoms. The fraction of sp³-hybridized carbons (Fsp3) is 0.429. The lowest BCUT2D eigenvalue weighted by Gasteiger charge is -2.17. The predicted molar refractivity (Wildman–Crippen MR) is 106 cm³/mol. The zero-order valence-corrected chi connectivity index (χ0v) is 16.4. The van der Waals surface area contributed by atoms with E-state index in [0.29, 0.717) is 11.7 Å². The fourth-order valence-electron chi connectivity index (χ4n) is 3.05. The third kappa shape index (κ3) is 5.20. The lowest BCUT2D eigenvalue weighted by atomic mass is 10.1. The molecule has 0 N–H and O–H groups in total. The van der Waals surface area contributed by atoms with E-state index in [-0.39, 0.29) is 0 Å². The van der Waals surface area contributed by atoms with Crippen LogP contribution in [-0.4, -0.2) is 44.6 Å². The molecule has 3 heterocycles. The number of pyridine rings is 2. The predicted octanol–water partition coefficient (Wildman–Crippen LogP) is 4.17. The first-order chi connectivity index (χ1) is 13.2. The second-order valence-electron chi connectivity index (χ2n) is 6.60. The molecule has 3 rings (SSSR count). The number of aromatic nitrogens is 4. The maximum atomic E-state index is 5.06. The van der Waals surface area contributed by atoms with Crippen LogP contribution in [0.2, 0.25) is 0 Å². The standard InChI is InChI=1S/C21H27N5O/c1-4-26(5-2)13-7-6-8-17-9-10-19(23-15-17)20-14-18(11-12-22-20)21-24-16(3)27-25-21/h9-12,14-15H,4-8,13H2,1-3H3. The summed E-state index contributed by atoms with van der Waals surface area (Å²) in [6.45, 7) is 9.64. The minimum atomic E-state index is 0.548. The van der Waals surface area contributed by atoms with Crippen molar-refractivity contribution in [2.24, 2.45) is 0 Å². The van der Waals surface area contributed by atoms with Gasteiger partial charge in [0.25, 0.3) is 0 Å². The van der Waals surface area contributed by atoms with Gasteiger partial charge < -0.3 is 9.42 Å². The van der Waals surface area contributed by atoms with Crippen molar-refractivity contribution in [2.75, 3.05) is 19.6 Å². The topological polar surface area (TPSA) is 67.9 Å². The molecule has 0 saturated carbocycles. The van der Waals surface area contributed by atoms with Crippen molar-refractivity contribution in [3.63, 3.8) is 0 Å². The van der Waals surface area contributed by atoms with Crippen molar-refractivity contribution in [3.05, 3.63) is 48.1 Å². The highest BCUT2D eigenvalue weighted by Gasteiger charge is 2.09. The van der Waals surface area contributed by atoms with Gasteiger partial charge in [0.1, 0.15) is 0 Å². The summed E-state index contributed by atoms with van der Waals surface area (Å²) in [6, 6.07) is 7.99. The molecule has 0 spiro atoms. The van der Waals surface area contributed by atoms with Crippen molar-refractivity contribution in [1.82, 2.24) is 25.0 Å². The summed E-state index contributed by atoms with van der Waals surface area (Å²) in [5.41, 5.74) is 3.80. The van der Waals surface area contributed by atoms with E-state index in [9.17, 15) is 0 Å². The summed E-state index contributed by atoms with van der Waals surface area (Å²) in [7, 11) is 0. The van der Waals surface area contributed by atoms with Crippen LogP contribution in [0.25, 0.3) is 22.8 Å². The number of unbranched alkanes of at least 4 members (excludes halogenated alkanes) is 1. The van der Waals surface area contributed by atoms with Crippen LogP contribution >= 0.6 is 0 Å². The largest absolute Gasteiger partial charge is 0.339 e. The van der Waals surface area contributed by atoms with E-state index in [0.717, 1.165) is 36.5 Å². The highest BCUT2D eigenvalue weighted by Crippen LogP contribution is 2.21. The molecular weight excluding hydrogens is 338 g/mol. The second kappa shape index (κ2) is 9.37. The summed E-state index contributed by atoms with van der Waals surface area (Å²) >= 11 is 0. The monoisotopic (exact) mass is 365 g/mol. The second-order valence-corrected chi connectivity index (χ2v) is 6.60. The molecule has 0 atom stereocenters. The lowest BCUT2D eigenvalue weighted by Crippen LogP contribution is -2.23. The molecule has 6 nitrogen and oxygen atoms in total. The summed E-state index contributed by atoms with van der Waals surface area (Å²) in [5, 5.41) is 3.96. The molecule has 0 aliphatic carbocycles. The Kier molecular flexibility index (Phi) is 6.65. The Bertz CT molecular complexity index is 840. The van der Waals surface area contributed by atoms with Crippen LogP contribution in [0.4, 0.5) is 0 Å². The molecule has 0 aliphatic heterocycles. The smallest absolute Gasteiger partial charge is 0.223 e. The van der Waals surface area contributed by atoms with Gasteiger partial charge in [0.2, 0.25) is 11.7 Å². The molecule has 0 amide bonds. The van der Waals surface area contributed by atoms with Crippen LogP contribution in [0.3, 0.4) is 0 Å². The van der Waals surface area contributed by atoms with Gasteiger partial charge in [-0.15, -0.1) is 0 Å². The molecule has 0 unspecified atom stereocenters. The Morgan fingerprint density at radius 3 is 2.52 bits per heavy atom. The van der Waals surface area contributed by atoms with E-state index in [1.54, 1.807) is 13.1 Å². The van der Waals surface area contributed by atoms with Crippen molar-refractivity contribution in [1.29, 1.82) is 0 Å². The average Bonchev–Trinajstić information content (AvgIpc) is 3.15. The first-order valence-corrected chi connectivity index (χ1v) is 9.64. The van der Waals surface area contributed by atoms with Gasteiger partial charge in [0, 0.05) is 24.9 Å². The molecule has 0 radical (unpaired) electrons. The quantitative estimate of drug-likeness (QED) is 0.530. The minimum Gasteiger partial charge on any atom is -0.339 e. The molecule has 0 saturated heterocycles. The van der Waals surface area contributed by atoms with Gasteiger partial charge in [0.15, 0.2) is 0 Å². The Hall–Kier alpha value is -2.60. The minimum absolute atomic E-state index is 0.548. The zero-order chi connectivity index (χ0) is 19.1. The van der Waals surface area contributed by atoms with E-state index >= 15 is 0 Å². The Morgan fingerprint density at radius 1 is 1.00 bits per heavy atom. The van der Waals surface area contributed by atoms with Crippen LogP contribution in [0, 0.1) is 6.92 Å². The molecular formula is C21H27N5O. The van der Waals surface area contributed by atoms with Crippen molar-refractivity contribution < 1.29 is 4.52 Å². The fourth-order valence-corrected chi connectivity index (χ4v) is 3.05. The molecule has 0 fully saturated rings. The van der Waals surface area contributed by atoms with E-state index < -0.39 is 0 Å². The van der Waals surface area contributed by atoms with Gasteiger partial charge in [0.05, 0.1) is 11.4 Å². The highest BCUT2D eigenvalue weighted by molar-refractivity contribution is 5.64. The van der Waals surface area contributed by atoms with Crippen LogP contribution in [0.5, 0.6) is 0 Å². The van der Waals surface area contributed by atoms with Gasteiger partial charge in [-0.25, -0.2) is 0 Å². The molecule has 0 aliphatic rings. The third-order valence-corrected chi connectivity index (χ3v) is 4.72. The van der Waals surface area contributed by atoms with Crippen LogP contribution in [0.1, 0.15) is 38.1 Å². The van der Waals surface area contributed by atoms with Crippen LogP contribution < -0.4 is 0 Å². The van der Waals surface area contributed by atoms with Gasteiger partial charge >= 0.3 is 0 Å². The number of hydrogen-bond donors (Lipinski definition) is 0. The molecule has 27 heavy (non-hydrogen) atoms. The normalized spacial score (nSPS) is 11.3. The number of hydrogen-bond acceptors (Lipinski definition) is 6. The lowest BCUT2D eigenvalue weighted by molar-refractivity contribution is 0.297. The molecule has 6 heteroatoms. The Labute approximate surface area is 160 Å². The zero-order valence-electron chi connectivity index (χ0n) is 16.4. The Balaban J connectivity index is 1.60. The first-order valence-electron chi connectivity index (χ1n) is 9.64. The highest BCUT2D eigenvalue weighted by atomic mass is 16.5. The van der Waals surface area contributed by atoms with Crippen LogP contribution in [-0.2, 0) is 6.42 Å². The summed E-state index contributed by atoms with van der Waals surface area (Å²) in [4.78, 5) is 15.8. The van der Waals surface area contributed by atoms with E-state index in [4.69, 9.17) is 4.52 Å². The maximum absolute atomic E-state index is 5.06. The number of rotatable bonds is 9. The summed E-state index contributed by atoms with van der Waals surface area (Å²) in [5.74, 6) is 1.12. The van der Waals surface area contributed by atoms with Gasteiger partial charge in [-0.1, -0.05) is 25.1 Å². The Morgan fingerprint density at radius 2 is 1.85 bits per heavy atom.